The van der Waals surface area contributed by atoms with Crippen LogP contribution in [0.4, 0.5) is 0 Å². The zero-order valence-corrected chi connectivity index (χ0v) is 12.8. The van der Waals surface area contributed by atoms with E-state index in [1.807, 2.05) is 18.3 Å². The molecule has 118 valence electrons. The van der Waals surface area contributed by atoms with Crippen LogP contribution in [0.15, 0.2) is 24.4 Å². The summed E-state index contributed by atoms with van der Waals surface area (Å²) in [5.74, 6) is 0.736. The van der Waals surface area contributed by atoms with Crippen molar-refractivity contribution in [3.05, 3.63) is 30.1 Å². The molecular weight excluding hydrogens is 278 g/mol. The number of aromatic nitrogens is 1. The van der Waals surface area contributed by atoms with E-state index in [0.29, 0.717) is 24.5 Å². The van der Waals surface area contributed by atoms with Crippen molar-refractivity contribution >= 4 is 5.91 Å². The molecule has 1 aromatic heterocycles. The number of hydrogen-bond donors (Lipinski definition) is 1. The molecule has 4 rings (SSSR count). The fourth-order valence-corrected chi connectivity index (χ4v) is 3.65. The Labute approximate surface area is 131 Å². The summed E-state index contributed by atoms with van der Waals surface area (Å²) in [6, 6.07) is 6.49. The summed E-state index contributed by atoms with van der Waals surface area (Å²) < 4.78 is 6.10. The van der Waals surface area contributed by atoms with Crippen LogP contribution in [0.1, 0.15) is 31.4 Å². The molecule has 0 radical (unpaired) electrons. The Kier molecular flexibility index (Phi) is 3.84. The molecule has 1 N–H and O–H groups in total. The van der Waals surface area contributed by atoms with Crippen LogP contribution in [0, 0.1) is 5.92 Å². The highest BCUT2D eigenvalue weighted by Crippen LogP contribution is 2.34. The second-order valence-corrected chi connectivity index (χ2v) is 6.85. The fourth-order valence-electron chi connectivity index (χ4n) is 3.65. The monoisotopic (exact) mass is 301 g/mol. The number of fused-ring (bicyclic) bond motifs is 1. The van der Waals surface area contributed by atoms with E-state index >= 15 is 0 Å². The van der Waals surface area contributed by atoms with Crippen LogP contribution in [0.5, 0.6) is 0 Å². The van der Waals surface area contributed by atoms with Crippen LogP contribution >= 0.6 is 0 Å². The quantitative estimate of drug-likeness (QED) is 0.892. The summed E-state index contributed by atoms with van der Waals surface area (Å²) >= 11 is 0. The van der Waals surface area contributed by atoms with Gasteiger partial charge in [-0.05, 0) is 31.4 Å². The van der Waals surface area contributed by atoms with E-state index in [1.165, 1.54) is 0 Å². The zero-order chi connectivity index (χ0) is 14.9. The molecule has 0 unspecified atom stereocenters. The van der Waals surface area contributed by atoms with Crippen LogP contribution < -0.4 is 5.32 Å². The third-order valence-electron chi connectivity index (χ3n) is 4.86. The second kappa shape index (κ2) is 5.97. The third kappa shape index (κ3) is 3.31. The Balaban J connectivity index is 1.24. The second-order valence-electron chi connectivity index (χ2n) is 6.85. The first kappa shape index (κ1) is 14.2. The summed E-state index contributed by atoms with van der Waals surface area (Å²) in [7, 11) is 0. The number of likely N-dealkylation sites (tertiary alicyclic amines) is 1. The van der Waals surface area contributed by atoms with Gasteiger partial charge in [0, 0.05) is 37.8 Å². The molecule has 5 heteroatoms. The van der Waals surface area contributed by atoms with E-state index in [9.17, 15) is 4.79 Å². The number of rotatable bonds is 5. The molecule has 0 spiro atoms. The topological polar surface area (TPSA) is 54.5 Å². The summed E-state index contributed by atoms with van der Waals surface area (Å²) in [5, 5.41) is 3.05. The van der Waals surface area contributed by atoms with E-state index in [2.05, 4.69) is 21.3 Å². The van der Waals surface area contributed by atoms with Crippen LogP contribution in [0.3, 0.4) is 0 Å². The minimum Gasteiger partial charge on any atom is -0.373 e. The Bertz CT molecular complexity index is 518. The SMILES string of the molecule is O=C(C[C@@H]1C[C@@H]2CN(Cc3ccccn3)C[C@@H]2O1)NC1CC1. The normalized spacial score (nSPS) is 31.2. The van der Waals surface area contributed by atoms with Gasteiger partial charge in [0.2, 0.25) is 5.91 Å². The number of carbonyl (C=O) groups is 1. The number of nitrogens with zero attached hydrogens (tertiary/aromatic N) is 2. The van der Waals surface area contributed by atoms with Crippen molar-refractivity contribution < 1.29 is 9.53 Å². The van der Waals surface area contributed by atoms with Gasteiger partial charge in [0.05, 0.1) is 24.3 Å². The van der Waals surface area contributed by atoms with Gasteiger partial charge in [-0.15, -0.1) is 0 Å². The number of nitrogens with one attached hydrogen (secondary N) is 1. The molecule has 3 aliphatic rings. The Morgan fingerprint density at radius 3 is 3.00 bits per heavy atom. The molecule has 5 nitrogen and oxygen atoms in total. The molecule has 1 amide bonds. The highest BCUT2D eigenvalue weighted by atomic mass is 16.5. The van der Waals surface area contributed by atoms with Gasteiger partial charge in [-0.25, -0.2) is 0 Å². The van der Waals surface area contributed by atoms with Crippen LogP contribution in [0.2, 0.25) is 0 Å². The first-order valence-electron chi connectivity index (χ1n) is 8.33. The maximum Gasteiger partial charge on any atom is 0.222 e. The van der Waals surface area contributed by atoms with Gasteiger partial charge in [0.1, 0.15) is 0 Å². The zero-order valence-electron chi connectivity index (χ0n) is 12.8. The molecule has 3 heterocycles. The maximum absolute atomic E-state index is 11.9. The van der Waals surface area contributed by atoms with E-state index in [-0.39, 0.29) is 12.0 Å². The Morgan fingerprint density at radius 2 is 2.27 bits per heavy atom. The minimum absolute atomic E-state index is 0.116. The van der Waals surface area contributed by atoms with Gasteiger partial charge in [0.25, 0.3) is 0 Å². The van der Waals surface area contributed by atoms with Gasteiger partial charge in [-0.3, -0.25) is 14.7 Å². The third-order valence-corrected chi connectivity index (χ3v) is 4.86. The lowest BCUT2D eigenvalue weighted by atomic mass is 10.0. The molecule has 0 aromatic carbocycles. The molecule has 0 bridgehead atoms. The highest BCUT2D eigenvalue weighted by molar-refractivity contribution is 5.77. The Hall–Kier alpha value is -1.46. The van der Waals surface area contributed by atoms with Crippen LogP contribution in [0.25, 0.3) is 0 Å². The molecule has 1 aliphatic carbocycles. The van der Waals surface area contributed by atoms with E-state index in [0.717, 1.165) is 44.6 Å². The van der Waals surface area contributed by atoms with Gasteiger partial charge in [0.15, 0.2) is 0 Å². The van der Waals surface area contributed by atoms with Crippen molar-refractivity contribution in [1.82, 2.24) is 15.2 Å². The summed E-state index contributed by atoms with van der Waals surface area (Å²) in [6.07, 6.45) is 6.09. The van der Waals surface area contributed by atoms with Crippen molar-refractivity contribution in [3.63, 3.8) is 0 Å². The average molecular weight is 301 g/mol. The first-order valence-corrected chi connectivity index (χ1v) is 8.33. The van der Waals surface area contributed by atoms with Crippen LogP contribution in [-0.2, 0) is 16.1 Å². The van der Waals surface area contributed by atoms with Crippen molar-refractivity contribution in [2.45, 2.75) is 50.5 Å². The maximum atomic E-state index is 11.9. The van der Waals surface area contributed by atoms with Crippen molar-refractivity contribution in [2.75, 3.05) is 13.1 Å². The number of ether oxygens (including phenoxy) is 1. The van der Waals surface area contributed by atoms with E-state index < -0.39 is 0 Å². The molecule has 22 heavy (non-hydrogen) atoms. The van der Waals surface area contributed by atoms with Gasteiger partial charge in [-0.2, -0.15) is 0 Å². The smallest absolute Gasteiger partial charge is 0.222 e. The van der Waals surface area contributed by atoms with Gasteiger partial charge < -0.3 is 10.1 Å². The minimum atomic E-state index is 0.116. The van der Waals surface area contributed by atoms with Crippen molar-refractivity contribution in [3.8, 4) is 0 Å². The molecule has 2 saturated heterocycles. The predicted molar refractivity (Wildman–Crippen MR) is 82.1 cm³/mol. The predicted octanol–water partition coefficient (Wildman–Crippen LogP) is 1.34. The fraction of sp³-hybridized carbons (Fsp3) is 0.647. The molecule has 1 aromatic rings. The largest absolute Gasteiger partial charge is 0.373 e. The van der Waals surface area contributed by atoms with Crippen LogP contribution in [-0.4, -0.2) is 47.1 Å². The number of carbonyl (C=O) groups excluding carboxylic acids is 1. The molecule has 3 atom stereocenters. The summed E-state index contributed by atoms with van der Waals surface area (Å²) in [5.41, 5.74) is 1.11. The lowest BCUT2D eigenvalue weighted by Crippen LogP contribution is -2.30. The highest BCUT2D eigenvalue weighted by Gasteiger charge is 2.42. The van der Waals surface area contributed by atoms with Crippen molar-refractivity contribution in [2.24, 2.45) is 5.92 Å². The van der Waals surface area contributed by atoms with Crippen molar-refractivity contribution in [1.29, 1.82) is 0 Å². The molecular formula is C17H23N3O2. The average Bonchev–Trinajstić information content (AvgIpc) is 3.11. The van der Waals surface area contributed by atoms with E-state index in [1.54, 1.807) is 0 Å². The molecule has 2 aliphatic heterocycles. The number of amides is 1. The number of pyridine rings is 1. The summed E-state index contributed by atoms with van der Waals surface area (Å²) in [6.45, 7) is 2.91. The summed E-state index contributed by atoms with van der Waals surface area (Å²) in [4.78, 5) is 18.7. The van der Waals surface area contributed by atoms with Gasteiger partial charge in [-0.1, -0.05) is 6.07 Å². The Morgan fingerprint density at radius 1 is 1.36 bits per heavy atom. The molecule has 1 saturated carbocycles. The van der Waals surface area contributed by atoms with E-state index in [4.69, 9.17) is 4.74 Å². The van der Waals surface area contributed by atoms with Gasteiger partial charge >= 0.3 is 0 Å². The number of hydrogen-bond acceptors (Lipinski definition) is 4. The first-order chi connectivity index (χ1) is 10.8. The standard InChI is InChI=1S/C17H23N3O2/c21-17(19-13-4-5-13)8-15-7-12-9-20(11-16(12)22-15)10-14-3-1-2-6-18-14/h1-3,6,12-13,15-16H,4-5,7-11H2,(H,19,21)/t12-,15+,16+/m1/s1. The molecule has 3 fully saturated rings. The lowest BCUT2D eigenvalue weighted by molar-refractivity contribution is -0.123. The lowest BCUT2D eigenvalue weighted by Gasteiger charge is -2.18.